The Morgan fingerprint density at radius 3 is 2.55 bits per heavy atom. The van der Waals surface area contributed by atoms with E-state index >= 15 is 0 Å². The highest BCUT2D eigenvalue weighted by Gasteiger charge is 2.30. The van der Waals surface area contributed by atoms with E-state index in [9.17, 15) is 14.9 Å². The number of aryl methyl sites for hydroxylation is 2. The lowest BCUT2D eigenvalue weighted by atomic mass is 9.97. The molecule has 1 fully saturated rings. The fraction of sp³-hybridized carbons (Fsp3) is 0.500. The van der Waals surface area contributed by atoms with Gasteiger partial charge in [-0.15, -0.1) is 0 Å². The Bertz CT molecular complexity index is 557. The number of rotatable bonds is 3. The van der Waals surface area contributed by atoms with E-state index in [1.165, 1.54) is 6.07 Å². The highest BCUT2D eigenvalue weighted by atomic mass is 16.6. The lowest BCUT2D eigenvalue weighted by Crippen LogP contribution is -2.28. The monoisotopic (exact) mass is 277 g/mol. The fourth-order valence-electron chi connectivity index (χ4n) is 2.44. The maximum Gasteiger partial charge on any atom is 0.293 e. The standard InChI is InChI=1S/C14H19N3O3/c1-8-4-12(13(17(19)20)5-9(8)2)16-14(18)11-7-15-6-10(11)3/h4-5,10-11,15H,6-7H2,1-3H3,(H,16,18)/t10-,11-/m1/s1. The predicted octanol–water partition coefficient (Wildman–Crippen LogP) is 2.01. The average molecular weight is 277 g/mol. The van der Waals surface area contributed by atoms with Crippen molar-refractivity contribution in [2.24, 2.45) is 11.8 Å². The quantitative estimate of drug-likeness (QED) is 0.654. The maximum atomic E-state index is 12.2. The van der Waals surface area contributed by atoms with Crippen LogP contribution in [0.1, 0.15) is 18.1 Å². The Kier molecular flexibility index (Phi) is 4.04. The summed E-state index contributed by atoms with van der Waals surface area (Å²) in [4.78, 5) is 22.9. The second-order valence-electron chi connectivity index (χ2n) is 5.44. The van der Waals surface area contributed by atoms with Gasteiger partial charge in [-0.25, -0.2) is 0 Å². The summed E-state index contributed by atoms with van der Waals surface area (Å²) in [5.41, 5.74) is 1.98. The highest BCUT2D eigenvalue weighted by molar-refractivity contribution is 5.95. The van der Waals surface area contributed by atoms with E-state index in [-0.39, 0.29) is 29.1 Å². The first-order valence-electron chi connectivity index (χ1n) is 6.67. The number of amides is 1. The minimum atomic E-state index is -0.460. The molecule has 0 aliphatic carbocycles. The molecule has 0 radical (unpaired) electrons. The van der Waals surface area contributed by atoms with E-state index < -0.39 is 4.92 Å². The van der Waals surface area contributed by atoms with Gasteiger partial charge in [0.1, 0.15) is 5.69 Å². The van der Waals surface area contributed by atoms with Crippen LogP contribution in [0.15, 0.2) is 12.1 Å². The van der Waals surface area contributed by atoms with E-state index in [1.807, 2.05) is 20.8 Å². The van der Waals surface area contributed by atoms with Crippen molar-refractivity contribution in [1.82, 2.24) is 5.32 Å². The van der Waals surface area contributed by atoms with Crippen molar-refractivity contribution in [2.45, 2.75) is 20.8 Å². The molecule has 6 nitrogen and oxygen atoms in total. The number of nitrogens with one attached hydrogen (secondary N) is 2. The molecule has 20 heavy (non-hydrogen) atoms. The van der Waals surface area contributed by atoms with E-state index in [2.05, 4.69) is 10.6 Å². The van der Waals surface area contributed by atoms with Crippen molar-refractivity contribution in [2.75, 3.05) is 18.4 Å². The van der Waals surface area contributed by atoms with Crippen LogP contribution in [0.4, 0.5) is 11.4 Å². The van der Waals surface area contributed by atoms with Crippen LogP contribution >= 0.6 is 0 Å². The predicted molar refractivity (Wildman–Crippen MR) is 76.7 cm³/mol. The molecule has 1 aromatic carbocycles. The molecule has 1 aliphatic heterocycles. The molecule has 2 N–H and O–H groups in total. The number of hydrogen-bond acceptors (Lipinski definition) is 4. The number of carbonyl (C=O) groups is 1. The van der Waals surface area contributed by atoms with Gasteiger partial charge in [0, 0.05) is 12.6 Å². The van der Waals surface area contributed by atoms with Gasteiger partial charge in [-0.05, 0) is 43.5 Å². The zero-order chi connectivity index (χ0) is 14.9. The summed E-state index contributed by atoms with van der Waals surface area (Å²) < 4.78 is 0. The molecule has 108 valence electrons. The Morgan fingerprint density at radius 2 is 2.00 bits per heavy atom. The molecule has 1 amide bonds. The first-order chi connectivity index (χ1) is 9.40. The molecule has 6 heteroatoms. The first-order valence-corrected chi connectivity index (χ1v) is 6.67. The van der Waals surface area contributed by atoms with Gasteiger partial charge < -0.3 is 10.6 Å². The molecule has 2 rings (SSSR count). The lowest BCUT2D eigenvalue weighted by Gasteiger charge is -2.15. The fourth-order valence-corrected chi connectivity index (χ4v) is 2.44. The van der Waals surface area contributed by atoms with Crippen LogP contribution in [0.3, 0.4) is 0 Å². The number of benzene rings is 1. The number of carbonyl (C=O) groups excluding carboxylic acids is 1. The molecule has 0 unspecified atom stereocenters. The largest absolute Gasteiger partial charge is 0.320 e. The van der Waals surface area contributed by atoms with Crippen LogP contribution in [0, 0.1) is 35.8 Å². The van der Waals surface area contributed by atoms with Crippen molar-refractivity contribution in [3.63, 3.8) is 0 Å². The van der Waals surface area contributed by atoms with Gasteiger partial charge in [0.05, 0.1) is 10.8 Å². The summed E-state index contributed by atoms with van der Waals surface area (Å²) in [5, 5.41) is 17.0. The first kappa shape index (κ1) is 14.5. The van der Waals surface area contributed by atoms with Gasteiger partial charge in [0.2, 0.25) is 5.91 Å². The molecule has 1 saturated heterocycles. The van der Waals surface area contributed by atoms with Crippen molar-refractivity contribution in [3.05, 3.63) is 33.4 Å². The summed E-state index contributed by atoms with van der Waals surface area (Å²) in [5.74, 6) is -0.0642. The third-order valence-electron chi connectivity index (χ3n) is 3.92. The van der Waals surface area contributed by atoms with Gasteiger partial charge in [-0.1, -0.05) is 6.92 Å². The summed E-state index contributed by atoms with van der Waals surface area (Å²) >= 11 is 0. The number of hydrogen-bond donors (Lipinski definition) is 2. The van der Waals surface area contributed by atoms with E-state index in [0.29, 0.717) is 6.54 Å². The second kappa shape index (κ2) is 5.58. The van der Waals surface area contributed by atoms with Crippen LogP contribution in [0.5, 0.6) is 0 Å². The van der Waals surface area contributed by atoms with Crippen molar-refractivity contribution >= 4 is 17.3 Å². The molecule has 0 spiro atoms. The normalized spacial score (nSPS) is 21.8. The number of nitrogens with zero attached hydrogens (tertiary/aromatic N) is 1. The van der Waals surface area contributed by atoms with E-state index in [0.717, 1.165) is 17.7 Å². The van der Waals surface area contributed by atoms with Gasteiger partial charge in [0.25, 0.3) is 5.69 Å². The molecular weight excluding hydrogens is 258 g/mol. The van der Waals surface area contributed by atoms with Crippen molar-refractivity contribution < 1.29 is 9.72 Å². The minimum Gasteiger partial charge on any atom is -0.320 e. The van der Waals surface area contributed by atoms with E-state index in [4.69, 9.17) is 0 Å². The smallest absolute Gasteiger partial charge is 0.293 e. The van der Waals surface area contributed by atoms with Crippen LogP contribution in [-0.2, 0) is 4.79 Å². The third-order valence-corrected chi connectivity index (χ3v) is 3.92. The maximum absolute atomic E-state index is 12.2. The Balaban J connectivity index is 2.26. The Labute approximate surface area is 117 Å². The topological polar surface area (TPSA) is 84.3 Å². The zero-order valence-corrected chi connectivity index (χ0v) is 11.9. The molecule has 0 aromatic heterocycles. The zero-order valence-electron chi connectivity index (χ0n) is 11.9. The molecular formula is C14H19N3O3. The summed E-state index contributed by atoms with van der Waals surface area (Å²) in [6.45, 7) is 7.10. The number of nitro benzene ring substituents is 1. The van der Waals surface area contributed by atoms with Gasteiger partial charge >= 0.3 is 0 Å². The minimum absolute atomic E-state index is 0.0555. The van der Waals surface area contributed by atoms with Crippen LogP contribution in [0.25, 0.3) is 0 Å². The summed E-state index contributed by atoms with van der Waals surface area (Å²) in [7, 11) is 0. The van der Waals surface area contributed by atoms with E-state index in [1.54, 1.807) is 6.07 Å². The van der Waals surface area contributed by atoms with Gasteiger partial charge in [-0.2, -0.15) is 0 Å². The van der Waals surface area contributed by atoms with Crippen molar-refractivity contribution in [1.29, 1.82) is 0 Å². The molecule has 0 saturated carbocycles. The highest BCUT2D eigenvalue weighted by Crippen LogP contribution is 2.29. The van der Waals surface area contributed by atoms with Crippen molar-refractivity contribution in [3.8, 4) is 0 Å². The Morgan fingerprint density at radius 1 is 1.35 bits per heavy atom. The molecule has 0 bridgehead atoms. The van der Waals surface area contributed by atoms with Gasteiger partial charge in [-0.3, -0.25) is 14.9 Å². The molecule has 2 atom stereocenters. The number of nitro groups is 1. The Hall–Kier alpha value is -1.95. The number of anilines is 1. The van der Waals surface area contributed by atoms with Gasteiger partial charge in [0.15, 0.2) is 0 Å². The molecule has 1 aliphatic rings. The molecule has 1 heterocycles. The summed E-state index contributed by atoms with van der Waals surface area (Å²) in [6.07, 6.45) is 0. The third kappa shape index (κ3) is 2.80. The van der Waals surface area contributed by atoms with Crippen LogP contribution in [-0.4, -0.2) is 23.9 Å². The average Bonchev–Trinajstić information content (AvgIpc) is 2.79. The van der Waals surface area contributed by atoms with Crippen LogP contribution < -0.4 is 10.6 Å². The molecule has 1 aromatic rings. The second-order valence-corrected chi connectivity index (χ2v) is 5.44. The lowest BCUT2D eigenvalue weighted by molar-refractivity contribution is -0.384. The van der Waals surface area contributed by atoms with Crippen LogP contribution in [0.2, 0.25) is 0 Å². The summed E-state index contributed by atoms with van der Waals surface area (Å²) in [6, 6.07) is 3.17. The SMILES string of the molecule is Cc1cc(NC(=O)[C@@H]2CNC[C@H]2C)c([N+](=O)[O-])cc1C.